The van der Waals surface area contributed by atoms with Crippen LogP contribution in [0.3, 0.4) is 0 Å². The monoisotopic (exact) mass is 475 g/mol. The van der Waals surface area contributed by atoms with Crippen LogP contribution >= 0.6 is 0 Å². The second-order valence-electron chi connectivity index (χ2n) is 9.80. The van der Waals surface area contributed by atoms with Crippen LogP contribution in [0.2, 0.25) is 0 Å². The molecular formula is C29H33NO5. The van der Waals surface area contributed by atoms with Gasteiger partial charge < -0.3 is 14.4 Å². The average Bonchev–Trinajstić information content (AvgIpc) is 3.34. The van der Waals surface area contributed by atoms with Gasteiger partial charge in [-0.2, -0.15) is 0 Å². The van der Waals surface area contributed by atoms with E-state index in [-0.39, 0.29) is 11.3 Å². The van der Waals surface area contributed by atoms with Crippen molar-refractivity contribution >= 4 is 29.1 Å². The van der Waals surface area contributed by atoms with Crippen molar-refractivity contribution in [3.8, 4) is 0 Å². The molecule has 0 radical (unpaired) electrons. The molecule has 1 fully saturated rings. The topological polar surface area (TPSA) is 72.9 Å². The van der Waals surface area contributed by atoms with Crippen molar-refractivity contribution in [1.29, 1.82) is 0 Å². The van der Waals surface area contributed by atoms with E-state index in [1.807, 2.05) is 71.9 Å². The van der Waals surface area contributed by atoms with Crippen LogP contribution in [0.25, 0.3) is 5.57 Å². The van der Waals surface area contributed by atoms with E-state index in [9.17, 15) is 14.4 Å². The number of hydrogen-bond donors (Lipinski definition) is 0. The number of carbonyl (C=O) groups excluding carboxylic acids is 3. The normalized spacial score (nSPS) is 16.6. The number of aryl methyl sites for hydroxylation is 5. The van der Waals surface area contributed by atoms with E-state index < -0.39 is 23.4 Å². The third-order valence-electron chi connectivity index (χ3n) is 7.05. The molecule has 0 N–H and O–H groups in total. The van der Waals surface area contributed by atoms with Gasteiger partial charge in [0.2, 0.25) is 0 Å². The van der Waals surface area contributed by atoms with Gasteiger partial charge in [-0.25, -0.2) is 9.59 Å². The minimum atomic E-state index is -1.01. The van der Waals surface area contributed by atoms with E-state index in [1.54, 1.807) is 0 Å². The summed E-state index contributed by atoms with van der Waals surface area (Å²) >= 11 is 0. The molecule has 0 saturated heterocycles. The Hall–Kier alpha value is -3.41. The van der Waals surface area contributed by atoms with Crippen LogP contribution in [0.4, 0.5) is 5.69 Å². The Balaban J connectivity index is 1.77. The van der Waals surface area contributed by atoms with Crippen LogP contribution in [0.15, 0.2) is 36.1 Å². The van der Waals surface area contributed by atoms with Crippen molar-refractivity contribution < 1.29 is 23.9 Å². The molecule has 0 unspecified atom stereocenters. The van der Waals surface area contributed by atoms with Crippen molar-refractivity contribution in [2.24, 2.45) is 0 Å². The SMILES string of the molecule is CCN(C(=O)C(=O)OC1=C(c2c(C)cc(C)cc2C)C(=O)OC12CCCC2)c1ccc(C)cc1C. The molecular weight excluding hydrogens is 442 g/mol. The van der Waals surface area contributed by atoms with E-state index >= 15 is 0 Å². The highest BCUT2D eigenvalue weighted by molar-refractivity contribution is 6.38. The number of likely N-dealkylation sites (N-methyl/N-ethyl adjacent to an activating group) is 1. The highest BCUT2D eigenvalue weighted by Gasteiger charge is 2.53. The van der Waals surface area contributed by atoms with Crippen LogP contribution in [0, 0.1) is 34.6 Å². The number of esters is 2. The number of ether oxygens (including phenoxy) is 2. The largest absolute Gasteiger partial charge is 0.447 e. The number of carbonyl (C=O) groups is 3. The van der Waals surface area contributed by atoms with Crippen LogP contribution in [0.5, 0.6) is 0 Å². The Labute approximate surface area is 206 Å². The first-order chi connectivity index (χ1) is 16.6. The van der Waals surface area contributed by atoms with Gasteiger partial charge in [-0.15, -0.1) is 0 Å². The van der Waals surface area contributed by atoms with Crippen molar-refractivity contribution in [2.75, 3.05) is 11.4 Å². The fourth-order valence-corrected chi connectivity index (χ4v) is 5.58. The highest BCUT2D eigenvalue weighted by Crippen LogP contribution is 2.49. The summed E-state index contributed by atoms with van der Waals surface area (Å²) in [4.78, 5) is 41.2. The highest BCUT2D eigenvalue weighted by atomic mass is 16.6. The Morgan fingerprint density at radius 1 is 0.943 bits per heavy atom. The van der Waals surface area contributed by atoms with Crippen LogP contribution in [-0.4, -0.2) is 30.0 Å². The zero-order valence-corrected chi connectivity index (χ0v) is 21.4. The van der Waals surface area contributed by atoms with Crippen molar-refractivity contribution in [2.45, 2.75) is 72.8 Å². The minimum Gasteiger partial charge on any atom is -0.447 e. The van der Waals surface area contributed by atoms with Crippen LogP contribution in [0.1, 0.15) is 66.0 Å². The first-order valence-corrected chi connectivity index (χ1v) is 12.2. The Morgan fingerprint density at radius 3 is 2.11 bits per heavy atom. The third-order valence-corrected chi connectivity index (χ3v) is 7.05. The summed E-state index contributed by atoms with van der Waals surface area (Å²) in [5.74, 6) is -2.09. The van der Waals surface area contributed by atoms with Gasteiger partial charge in [0.25, 0.3) is 0 Å². The molecule has 0 bridgehead atoms. The number of amides is 1. The maximum Gasteiger partial charge on any atom is 0.402 e. The number of nitrogens with zero attached hydrogens (tertiary/aromatic N) is 1. The Bertz CT molecular complexity index is 1230. The minimum absolute atomic E-state index is 0.185. The van der Waals surface area contributed by atoms with Crippen molar-refractivity contribution in [1.82, 2.24) is 0 Å². The third kappa shape index (κ3) is 4.38. The van der Waals surface area contributed by atoms with Crippen molar-refractivity contribution in [3.63, 3.8) is 0 Å². The van der Waals surface area contributed by atoms with E-state index in [4.69, 9.17) is 9.47 Å². The Kier molecular flexibility index (Phi) is 6.58. The number of anilines is 1. The molecule has 35 heavy (non-hydrogen) atoms. The molecule has 2 aliphatic rings. The summed E-state index contributed by atoms with van der Waals surface area (Å²) in [6.45, 7) is 11.9. The lowest BCUT2D eigenvalue weighted by Gasteiger charge is -2.26. The standard InChI is InChI=1S/C29H33NO5/c1-7-30(22-11-10-17(2)14-19(22)4)26(31)28(33)34-25-24(23-20(5)15-18(3)16-21(23)6)27(32)35-29(25)12-8-9-13-29/h10-11,14-16H,7-9,12-13H2,1-6H3. The number of rotatable bonds is 4. The van der Waals surface area contributed by atoms with Gasteiger partial charge in [-0.05, 0) is 95.5 Å². The molecule has 1 aliphatic heterocycles. The summed E-state index contributed by atoms with van der Waals surface area (Å²) < 4.78 is 11.8. The molecule has 0 aromatic heterocycles. The zero-order valence-electron chi connectivity index (χ0n) is 21.4. The number of benzene rings is 2. The second kappa shape index (κ2) is 9.33. The smallest absolute Gasteiger partial charge is 0.402 e. The fourth-order valence-electron chi connectivity index (χ4n) is 5.58. The maximum atomic E-state index is 13.3. The van der Waals surface area contributed by atoms with Gasteiger partial charge in [0, 0.05) is 12.2 Å². The van der Waals surface area contributed by atoms with E-state index in [2.05, 4.69) is 0 Å². The molecule has 6 nitrogen and oxygen atoms in total. The molecule has 6 heteroatoms. The number of hydrogen-bond acceptors (Lipinski definition) is 5. The lowest BCUT2D eigenvalue weighted by atomic mass is 9.90. The average molecular weight is 476 g/mol. The lowest BCUT2D eigenvalue weighted by Crippen LogP contribution is -2.40. The molecule has 1 amide bonds. The zero-order chi connectivity index (χ0) is 25.5. The van der Waals surface area contributed by atoms with Gasteiger partial charge in [0.05, 0.1) is 0 Å². The van der Waals surface area contributed by atoms with Gasteiger partial charge in [0.15, 0.2) is 11.4 Å². The Morgan fingerprint density at radius 2 is 1.54 bits per heavy atom. The van der Waals surface area contributed by atoms with Gasteiger partial charge >= 0.3 is 17.8 Å². The van der Waals surface area contributed by atoms with E-state index in [0.717, 1.165) is 40.7 Å². The molecule has 2 aromatic carbocycles. The second-order valence-corrected chi connectivity index (χ2v) is 9.80. The molecule has 1 aliphatic carbocycles. The lowest BCUT2D eigenvalue weighted by molar-refractivity contribution is -0.156. The molecule has 1 heterocycles. The summed E-state index contributed by atoms with van der Waals surface area (Å²) in [5, 5.41) is 0. The predicted molar refractivity (Wildman–Crippen MR) is 135 cm³/mol. The molecule has 1 spiro atoms. The summed E-state index contributed by atoms with van der Waals surface area (Å²) in [5.41, 5.74) is 5.47. The van der Waals surface area contributed by atoms with Crippen molar-refractivity contribution in [3.05, 3.63) is 69.5 Å². The van der Waals surface area contributed by atoms with E-state index in [1.165, 1.54) is 4.90 Å². The summed E-state index contributed by atoms with van der Waals surface area (Å²) in [6.07, 6.45) is 2.84. The van der Waals surface area contributed by atoms with Gasteiger partial charge in [0.1, 0.15) is 5.57 Å². The molecule has 4 rings (SSSR count). The molecule has 184 valence electrons. The van der Waals surface area contributed by atoms with E-state index in [0.29, 0.717) is 30.6 Å². The van der Waals surface area contributed by atoms with Crippen LogP contribution < -0.4 is 4.90 Å². The fraction of sp³-hybridized carbons (Fsp3) is 0.414. The summed E-state index contributed by atoms with van der Waals surface area (Å²) in [7, 11) is 0. The first-order valence-electron chi connectivity index (χ1n) is 12.2. The van der Waals surface area contributed by atoms with Crippen LogP contribution in [-0.2, 0) is 23.9 Å². The molecule has 1 saturated carbocycles. The van der Waals surface area contributed by atoms with Gasteiger partial charge in [-0.3, -0.25) is 4.79 Å². The molecule has 2 aromatic rings. The molecule has 0 atom stereocenters. The maximum absolute atomic E-state index is 13.3. The first kappa shape index (κ1) is 24.7. The quantitative estimate of drug-likeness (QED) is 0.437. The van der Waals surface area contributed by atoms with Gasteiger partial charge in [-0.1, -0.05) is 35.4 Å². The summed E-state index contributed by atoms with van der Waals surface area (Å²) in [6, 6.07) is 9.70. The predicted octanol–water partition coefficient (Wildman–Crippen LogP) is 5.41.